The monoisotopic (exact) mass is 315 g/mol. The summed E-state index contributed by atoms with van der Waals surface area (Å²) in [6, 6.07) is 3.30. The molecule has 0 aliphatic rings. The SMILES string of the molecule is CCOC(C)(C)CNS(=O)(=O)c1cc(CO)cc(C)c1C. The van der Waals surface area contributed by atoms with Gasteiger partial charge in [0.1, 0.15) is 0 Å². The summed E-state index contributed by atoms with van der Waals surface area (Å²) >= 11 is 0. The van der Waals surface area contributed by atoms with Crippen molar-refractivity contribution in [2.45, 2.75) is 51.7 Å². The number of aryl methyl sites for hydroxylation is 1. The first-order valence-electron chi connectivity index (χ1n) is 6.97. The quantitative estimate of drug-likeness (QED) is 0.805. The van der Waals surface area contributed by atoms with Crippen molar-refractivity contribution in [1.82, 2.24) is 4.72 Å². The third kappa shape index (κ3) is 4.78. The van der Waals surface area contributed by atoms with E-state index in [4.69, 9.17) is 4.74 Å². The maximum atomic E-state index is 12.5. The van der Waals surface area contributed by atoms with Crippen molar-refractivity contribution in [2.24, 2.45) is 0 Å². The first-order chi connectivity index (χ1) is 9.63. The molecule has 0 radical (unpaired) electrons. The van der Waals surface area contributed by atoms with Gasteiger partial charge in [0.2, 0.25) is 10.0 Å². The minimum absolute atomic E-state index is 0.186. The standard InChI is InChI=1S/C15H25NO4S/c1-6-20-15(4,5)10-16-21(18,19)14-8-13(9-17)7-11(2)12(14)3/h7-8,16-17H,6,9-10H2,1-5H3. The molecule has 0 heterocycles. The van der Waals surface area contributed by atoms with Crippen LogP contribution >= 0.6 is 0 Å². The Hall–Kier alpha value is -0.950. The maximum absolute atomic E-state index is 12.5. The lowest BCUT2D eigenvalue weighted by atomic mass is 10.1. The summed E-state index contributed by atoms with van der Waals surface area (Å²) in [5.41, 5.74) is 1.54. The third-order valence-electron chi connectivity index (χ3n) is 3.37. The molecule has 0 amide bonds. The minimum atomic E-state index is -3.64. The Bertz CT molecular complexity index is 594. The molecule has 1 aromatic rings. The average Bonchev–Trinajstić information content (AvgIpc) is 2.39. The predicted octanol–water partition coefficient (Wildman–Crippen LogP) is 1.89. The number of rotatable bonds is 7. The zero-order valence-electron chi connectivity index (χ0n) is 13.4. The van der Waals surface area contributed by atoms with Gasteiger partial charge in [0.15, 0.2) is 0 Å². The summed E-state index contributed by atoms with van der Waals surface area (Å²) < 4.78 is 33.0. The summed E-state index contributed by atoms with van der Waals surface area (Å²) in [7, 11) is -3.64. The van der Waals surface area contributed by atoms with Crippen LogP contribution in [0, 0.1) is 13.8 Å². The van der Waals surface area contributed by atoms with E-state index >= 15 is 0 Å². The molecule has 0 aliphatic carbocycles. The Morgan fingerprint density at radius 2 is 1.90 bits per heavy atom. The molecule has 0 aliphatic heterocycles. The van der Waals surface area contributed by atoms with Gasteiger partial charge in [-0.15, -0.1) is 0 Å². The lowest BCUT2D eigenvalue weighted by molar-refractivity contribution is -0.00515. The second kappa shape index (κ2) is 6.87. The summed E-state index contributed by atoms with van der Waals surface area (Å²) in [6.45, 7) is 9.65. The van der Waals surface area contributed by atoms with E-state index in [1.807, 2.05) is 27.7 Å². The van der Waals surface area contributed by atoms with Gasteiger partial charge in [-0.25, -0.2) is 13.1 Å². The van der Waals surface area contributed by atoms with E-state index < -0.39 is 15.6 Å². The molecule has 2 N–H and O–H groups in total. The van der Waals surface area contributed by atoms with Crippen molar-refractivity contribution < 1.29 is 18.3 Å². The van der Waals surface area contributed by atoms with Gasteiger partial charge in [-0.3, -0.25) is 0 Å². The van der Waals surface area contributed by atoms with Crippen molar-refractivity contribution in [3.05, 3.63) is 28.8 Å². The van der Waals surface area contributed by atoms with Crippen LogP contribution < -0.4 is 4.72 Å². The van der Waals surface area contributed by atoms with Crippen LogP contribution in [0.25, 0.3) is 0 Å². The molecular formula is C15H25NO4S. The Balaban J connectivity index is 3.06. The second-order valence-electron chi connectivity index (χ2n) is 5.71. The zero-order chi connectivity index (χ0) is 16.3. The van der Waals surface area contributed by atoms with Crippen LogP contribution in [-0.4, -0.2) is 32.3 Å². The number of ether oxygens (including phenoxy) is 1. The lowest BCUT2D eigenvalue weighted by Gasteiger charge is -2.25. The number of nitrogens with one attached hydrogen (secondary N) is 1. The average molecular weight is 315 g/mol. The number of benzene rings is 1. The highest BCUT2D eigenvalue weighted by Gasteiger charge is 2.24. The molecule has 1 aromatic carbocycles. The van der Waals surface area contributed by atoms with E-state index in [-0.39, 0.29) is 18.0 Å². The molecule has 0 aromatic heterocycles. The van der Waals surface area contributed by atoms with Gasteiger partial charge >= 0.3 is 0 Å². The zero-order valence-corrected chi connectivity index (χ0v) is 14.2. The van der Waals surface area contributed by atoms with Crippen molar-refractivity contribution >= 4 is 10.0 Å². The van der Waals surface area contributed by atoms with E-state index in [0.29, 0.717) is 17.7 Å². The number of sulfonamides is 1. The van der Waals surface area contributed by atoms with E-state index in [2.05, 4.69) is 4.72 Å². The molecule has 0 fully saturated rings. The van der Waals surface area contributed by atoms with Gasteiger partial charge in [0.05, 0.1) is 17.1 Å². The molecule has 1 rings (SSSR count). The van der Waals surface area contributed by atoms with Crippen molar-refractivity contribution in [3.8, 4) is 0 Å². The van der Waals surface area contributed by atoms with Gasteiger partial charge in [-0.05, 0) is 57.4 Å². The number of aliphatic hydroxyl groups is 1. The molecule has 21 heavy (non-hydrogen) atoms. The highest BCUT2D eigenvalue weighted by molar-refractivity contribution is 7.89. The Labute approximate surface area is 127 Å². The number of hydrogen-bond donors (Lipinski definition) is 2. The van der Waals surface area contributed by atoms with Crippen LogP contribution in [0.3, 0.4) is 0 Å². The molecule has 0 saturated heterocycles. The minimum Gasteiger partial charge on any atom is -0.392 e. The lowest BCUT2D eigenvalue weighted by Crippen LogP contribution is -2.40. The first kappa shape index (κ1) is 18.1. The summed E-state index contributed by atoms with van der Waals surface area (Å²) in [5.74, 6) is 0. The molecular weight excluding hydrogens is 290 g/mol. The van der Waals surface area contributed by atoms with Crippen LogP contribution in [0.1, 0.15) is 37.5 Å². The van der Waals surface area contributed by atoms with Gasteiger partial charge in [0.25, 0.3) is 0 Å². The maximum Gasteiger partial charge on any atom is 0.240 e. The molecule has 0 bridgehead atoms. The molecule has 5 nitrogen and oxygen atoms in total. The fourth-order valence-electron chi connectivity index (χ4n) is 2.06. The van der Waals surface area contributed by atoms with E-state index in [9.17, 15) is 13.5 Å². The van der Waals surface area contributed by atoms with E-state index in [1.165, 1.54) is 6.07 Å². The molecule has 6 heteroatoms. The van der Waals surface area contributed by atoms with Crippen molar-refractivity contribution in [2.75, 3.05) is 13.2 Å². The van der Waals surface area contributed by atoms with Gasteiger partial charge in [0, 0.05) is 13.2 Å². The molecule has 120 valence electrons. The van der Waals surface area contributed by atoms with Crippen LogP contribution in [0.5, 0.6) is 0 Å². The highest BCUT2D eigenvalue weighted by atomic mass is 32.2. The largest absolute Gasteiger partial charge is 0.392 e. The van der Waals surface area contributed by atoms with Crippen LogP contribution in [-0.2, 0) is 21.4 Å². The van der Waals surface area contributed by atoms with Crippen molar-refractivity contribution in [3.63, 3.8) is 0 Å². The van der Waals surface area contributed by atoms with Crippen LogP contribution in [0.4, 0.5) is 0 Å². The van der Waals surface area contributed by atoms with Gasteiger partial charge in [-0.2, -0.15) is 0 Å². The van der Waals surface area contributed by atoms with E-state index in [0.717, 1.165) is 5.56 Å². The van der Waals surface area contributed by atoms with Crippen molar-refractivity contribution in [1.29, 1.82) is 0 Å². The Morgan fingerprint density at radius 1 is 1.29 bits per heavy atom. The third-order valence-corrected chi connectivity index (χ3v) is 4.90. The normalized spacial score (nSPS) is 12.7. The topological polar surface area (TPSA) is 75.6 Å². The summed E-state index contributed by atoms with van der Waals surface area (Å²) in [6.07, 6.45) is 0. The number of aliphatic hydroxyl groups excluding tert-OH is 1. The summed E-state index contributed by atoms with van der Waals surface area (Å²) in [4.78, 5) is 0.207. The molecule has 0 atom stereocenters. The van der Waals surface area contributed by atoms with Gasteiger partial charge in [-0.1, -0.05) is 6.07 Å². The molecule has 0 spiro atoms. The number of hydrogen-bond acceptors (Lipinski definition) is 4. The fraction of sp³-hybridized carbons (Fsp3) is 0.600. The Kier molecular flexibility index (Phi) is 5.92. The fourth-order valence-corrected chi connectivity index (χ4v) is 3.62. The summed E-state index contributed by atoms with van der Waals surface area (Å²) in [5, 5.41) is 9.24. The highest BCUT2D eigenvalue weighted by Crippen LogP contribution is 2.21. The second-order valence-corrected chi connectivity index (χ2v) is 7.45. The predicted molar refractivity (Wildman–Crippen MR) is 82.7 cm³/mol. The van der Waals surface area contributed by atoms with Crippen LogP contribution in [0.15, 0.2) is 17.0 Å². The molecule has 0 saturated carbocycles. The van der Waals surface area contributed by atoms with Gasteiger partial charge < -0.3 is 9.84 Å². The first-order valence-corrected chi connectivity index (χ1v) is 8.46. The molecule has 0 unspecified atom stereocenters. The van der Waals surface area contributed by atoms with Crippen LogP contribution in [0.2, 0.25) is 0 Å². The smallest absolute Gasteiger partial charge is 0.240 e. The Morgan fingerprint density at radius 3 is 2.43 bits per heavy atom. The van der Waals surface area contributed by atoms with E-state index in [1.54, 1.807) is 13.0 Å².